The number of hydrogen-bond acceptors (Lipinski definition) is 2. The summed E-state index contributed by atoms with van der Waals surface area (Å²) in [5.74, 6) is 0. The van der Waals surface area contributed by atoms with Crippen molar-refractivity contribution in [3.63, 3.8) is 0 Å². The number of para-hydroxylation sites is 1. The summed E-state index contributed by atoms with van der Waals surface area (Å²) in [6, 6.07) is 7.46. The van der Waals surface area contributed by atoms with Crippen LogP contribution in [0.25, 0.3) is 0 Å². The molecule has 3 N–H and O–H groups in total. The van der Waals surface area contributed by atoms with Gasteiger partial charge in [0.2, 0.25) is 0 Å². The molecule has 0 aliphatic carbocycles. The standard InChI is InChI=1S/C8H9N3O/c12-8-10-7-4-2-1-3-6(7)5-9-11-8/h1-4,9H,5H2,(H2,10,11,12). The van der Waals surface area contributed by atoms with Crippen molar-refractivity contribution in [1.82, 2.24) is 10.9 Å². The molecule has 0 bridgehead atoms. The molecule has 0 unspecified atom stereocenters. The monoisotopic (exact) mass is 163 g/mol. The molecule has 1 heterocycles. The molecule has 4 nitrogen and oxygen atoms in total. The molecule has 12 heavy (non-hydrogen) atoms. The summed E-state index contributed by atoms with van der Waals surface area (Å²) in [5.41, 5.74) is 7.22. The van der Waals surface area contributed by atoms with Crippen molar-refractivity contribution in [2.24, 2.45) is 0 Å². The lowest BCUT2D eigenvalue weighted by atomic mass is 10.2. The first kappa shape index (κ1) is 7.12. The Kier molecular flexibility index (Phi) is 1.68. The number of rotatable bonds is 0. The van der Waals surface area contributed by atoms with Gasteiger partial charge >= 0.3 is 6.03 Å². The van der Waals surface area contributed by atoms with Crippen LogP contribution in [0, 0.1) is 0 Å². The van der Waals surface area contributed by atoms with Gasteiger partial charge in [0.05, 0.1) is 0 Å². The van der Waals surface area contributed by atoms with E-state index in [0.717, 1.165) is 11.3 Å². The SMILES string of the molecule is O=C1NNCc2ccccc2N1. The van der Waals surface area contributed by atoms with Gasteiger partial charge in [-0.15, -0.1) is 0 Å². The van der Waals surface area contributed by atoms with Crippen molar-refractivity contribution in [2.75, 3.05) is 5.32 Å². The highest BCUT2D eigenvalue weighted by Crippen LogP contribution is 2.15. The van der Waals surface area contributed by atoms with Gasteiger partial charge in [0.15, 0.2) is 0 Å². The Hall–Kier alpha value is -1.55. The molecule has 0 radical (unpaired) electrons. The maximum atomic E-state index is 11.0. The topological polar surface area (TPSA) is 53.2 Å². The van der Waals surface area contributed by atoms with Crippen molar-refractivity contribution in [3.05, 3.63) is 29.8 Å². The summed E-state index contributed by atoms with van der Waals surface area (Å²) in [7, 11) is 0. The Morgan fingerprint density at radius 3 is 3.00 bits per heavy atom. The largest absolute Gasteiger partial charge is 0.333 e. The maximum absolute atomic E-state index is 11.0. The summed E-state index contributed by atoms with van der Waals surface area (Å²) >= 11 is 0. The fraction of sp³-hybridized carbons (Fsp3) is 0.125. The zero-order chi connectivity index (χ0) is 8.39. The Morgan fingerprint density at radius 1 is 1.25 bits per heavy atom. The first-order valence-corrected chi connectivity index (χ1v) is 3.74. The number of amides is 2. The molecular formula is C8H9N3O. The van der Waals surface area contributed by atoms with Crippen LogP contribution in [-0.2, 0) is 6.54 Å². The van der Waals surface area contributed by atoms with Crippen LogP contribution >= 0.6 is 0 Å². The molecule has 1 aromatic rings. The molecular weight excluding hydrogens is 154 g/mol. The molecule has 0 saturated carbocycles. The predicted octanol–water partition coefficient (Wildman–Crippen LogP) is 0.826. The van der Waals surface area contributed by atoms with Gasteiger partial charge in [-0.1, -0.05) is 18.2 Å². The first-order valence-electron chi connectivity index (χ1n) is 3.74. The third kappa shape index (κ3) is 1.24. The Bertz CT molecular complexity index is 311. The van der Waals surface area contributed by atoms with E-state index in [9.17, 15) is 4.79 Å². The van der Waals surface area contributed by atoms with E-state index in [-0.39, 0.29) is 6.03 Å². The van der Waals surface area contributed by atoms with Gasteiger partial charge in [-0.05, 0) is 11.6 Å². The van der Waals surface area contributed by atoms with Crippen LogP contribution in [0.3, 0.4) is 0 Å². The van der Waals surface area contributed by atoms with Crippen molar-refractivity contribution in [1.29, 1.82) is 0 Å². The highest BCUT2D eigenvalue weighted by Gasteiger charge is 2.09. The van der Waals surface area contributed by atoms with E-state index in [1.807, 2.05) is 24.3 Å². The number of carbonyl (C=O) groups excluding carboxylic acids is 1. The fourth-order valence-electron chi connectivity index (χ4n) is 1.17. The number of carbonyl (C=O) groups is 1. The second kappa shape index (κ2) is 2.83. The summed E-state index contributed by atoms with van der Waals surface area (Å²) in [6.07, 6.45) is 0. The zero-order valence-electron chi connectivity index (χ0n) is 6.42. The average Bonchev–Trinajstić information content (AvgIpc) is 2.25. The average molecular weight is 163 g/mol. The van der Waals surface area contributed by atoms with E-state index < -0.39 is 0 Å². The van der Waals surface area contributed by atoms with Crippen LogP contribution in [-0.4, -0.2) is 6.03 Å². The van der Waals surface area contributed by atoms with Crippen LogP contribution in [0.1, 0.15) is 5.56 Å². The molecule has 0 atom stereocenters. The third-order valence-corrected chi connectivity index (χ3v) is 1.75. The van der Waals surface area contributed by atoms with Gasteiger partial charge in [0.25, 0.3) is 0 Å². The molecule has 0 fully saturated rings. The van der Waals surface area contributed by atoms with E-state index in [1.54, 1.807) is 0 Å². The fourth-order valence-corrected chi connectivity index (χ4v) is 1.17. The van der Waals surface area contributed by atoms with Crippen LogP contribution in [0.5, 0.6) is 0 Å². The molecule has 4 heteroatoms. The number of anilines is 1. The number of hydrazine groups is 1. The van der Waals surface area contributed by atoms with Crippen molar-refractivity contribution in [2.45, 2.75) is 6.54 Å². The zero-order valence-corrected chi connectivity index (χ0v) is 6.42. The second-order valence-electron chi connectivity index (χ2n) is 2.59. The summed E-state index contributed by atoms with van der Waals surface area (Å²) in [5, 5.41) is 2.71. The smallest absolute Gasteiger partial charge is 0.307 e. The number of fused-ring (bicyclic) bond motifs is 1. The summed E-state index contributed by atoms with van der Waals surface area (Å²) in [4.78, 5) is 11.0. The van der Waals surface area contributed by atoms with E-state index in [4.69, 9.17) is 0 Å². The van der Waals surface area contributed by atoms with E-state index in [0.29, 0.717) is 6.54 Å². The van der Waals surface area contributed by atoms with Crippen molar-refractivity contribution < 1.29 is 4.79 Å². The van der Waals surface area contributed by atoms with Crippen LogP contribution in [0.15, 0.2) is 24.3 Å². The normalized spacial score (nSPS) is 15.5. The molecule has 2 rings (SSSR count). The van der Waals surface area contributed by atoms with Crippen molar-refractivity contribution in [3.8, 4) is 0 Å². The number of nitrogens with one attached hydrogen (secondary N) is 3. The van der Waals surface area contributed by atoms with Gasteiger partial charge in [0, 0.05) is 12.2 Å². The minimum atomic E-state index is -0.222. The molecule has 0 spiro atoms. The lowest BCUT2D eigenvalue weighted by molar-refractivity contribution is 0.248. The van der Waals surface area contributed by atoms with E-state index in [2.05, 4.69) is 16.2 Å². The molecule has 0 saturated heterocycles. The number of hydrogen-bond donors (Lipinski definition) is 3. The predicted molar refractivity (Wildman–Crippen MR) is 45.4 cm³/mol. The molecule has 1 aromatic carbocycles. The number of benzene rings is 1. The van der Waals surface area contributed by atoms with Crippen LogP contribution in [0.4, 0.5) is 10.5 Å². The molecule has 1 aliphatic heterocycles. The first-order chi connectivity index (χ1) is 5.86. The molecule has 62 valence electrons. The Labute approximate surface area is 69.9 Å². The highest BCUT2D eigenvalue weighted by molar-refractivity contribution is 5.90. The Morgan fingerprint density at radius 2 is 2.08 bits per heavy atom. The lowest BCUT2D eigenvalue weighted by Crippen LogP contribution is -2.37. The van der Waals surface area contributed by atoms with Gasteiger partial charge in [-0.2, -0.15) is 0 Å². The second-order valence-corrected chi connectivity index (χ2v) is 2.59. The number of urea groups is 1. The summed E-state index contributed by atoms with van der Waals surface area (Å²) < 4.78 is 0. The lowest BCUT2D eigenvalue weighted by Gasteiger charge is -2.02. The minimum Gasteiger partial charge on any atom is -0.307 e. The van der Waals surface area contributed by atoms with E-state index >= 15 is 0 Å². The van der Waals surface area contributed by atoms with Gasteiger partial charge in [0.1, 0.15) is 0 Å². The highest BCUT2D eigenvalue weighted by atomic mass is 16.2. The van der Waals surface area contributed by atoms with Crippen molar-refractivity contribution >= 4 is 11.7 Å². The van der Waals surface area contributed by atoms with Gasteiger partial charge in [-0.3, -0.25) is 5.43 Å². The minimum absolute atomic E-state index is 0.222. The van der Waals surface area contributed by atoms with E-state index in [1.165, 1.54) is 0 Å². The molecule has 0 aromatic heterocycles. The maximum Gasteiger partial charge on any atom is 0.333 e. The van der Waals surface area contributed by atoms with Crippen LogP contribution < -0.4 is 16.2 Å². The molecule has 1 aliphatic rings. The van der Waals surface area contributed by atoms with Crippen LogP contribution in [0.2, 0.25) is 0 Å². The van der Waals surface area contributed by atoms with Gasteiger partial charge < -0.3 is 5.32 Å². The molecule has 2 amide bonds. The summed E-state index contributed by atoms with van der Waals surface area (Å²) in [6.45, 7) is 0.648. The van der Waals surface area contributed by atoms with Gasteiger partial charge in [-0.25, -0.2) is 10.2 Å². The quantitative estimate of drug-likeness (QED) is 0.530. The third-order valence-electron chi connectivity index (χ3n) is 1.75. The Balaban J connectivity index is 2.37.